The first-order valence-corrected chi connectivity index (χ1v) is 9.67. The number of nitrogens with one attached hydrogen (secondary N) is 1. The van der Waals surface area contributed by atoms with Crippen LogP contribution in [0.15, 0.2) is 41.3 Å². The van der Waals surface area contributed by atoms with Crippen LogP contribution in [-0.2, 0) is 16.4 Å². The summed E-state index contributed by atoms with van der Waals surface area (Å²) in [7, 11) is -2.39. The number of benzene rings is 2. The lowest BCUT2D eigenvalue weighted by molar-refractivity contribution is 0.414. The van der Waals surface area contributed by atoms with Crippen LogP contribution >= 0.6 is 23.2 Å². The van der Waals surface area contributed by atoms with Crippen LogP contribution in [0.4, 0.5) is 0 Å². The third-order valence-corrected chi connectivity index (χ3v) is 6.30. The van der Waals surface area contributed by atoms with E-state index in [2.05, 4.69) is 11.6 Å². The molecule has 0 aromatic heterocycles. The van der Waals surface area contributed by atoms with Gasteiger partial charge in [-0.15, -0.1) is 0 Å². The number of hydrogen-bond acceptors (Lipinski definition) is 3. The summed E-state index contributed by atoms with van der Waals surface area (Å²) in [5, 5.41) is 0.0130. The van der Waals surface area contributed by atoms with Gasteiger partial charge in [-0.25, -0.2) is 13.1 Å². The lowest BCUT2D eigenvalue weighted by atomic mass is 10.1. The van der Waals surface area contributed by atoms with Gasteiger partial charge in [-0.1, -0.05) is 54.4 Å². The summed E-state index contributed by atoms with van der Waals surface area (Å²) in [6.45, 7) is 3.84. The molecule has 0 aliphatic carbocycles. The third-order valence-electron chi connectivity index (χ3n) is 3.74. The molecule has 130 valence electrons. The molecule has 24 heavy (non-hydrogen) atoms. The highest BCUT2D eigenvalue weighted by Gasteiger charge is 2.24. The fourth-order valence-electron chi connectivity index (χ4n) is 2.29. The topological polar surface area (TPSA) is 55.4 Å². The standard InChI is InChI=1S/C17H19Cl2NO3S/c1-4-12-5-7-13(8-6-12)11(2)20-24(21,22)15-10-9-14(23-3)16(18)17(15)19/h5-11,20H,4H2,1-3H3/t11-/m1/s1. The lowest BCUT2D eigenvalue weighted by Crippen LogP contribution is -2.27. The van der Waals surface area contributed by atoms with Gasteiger partial charge >= 0.3 is 0 Å². The van der Waals surface area contributed by atoms with Gasteiger partial charge in [0.15, 0.2) is 0 Å². The minimum Gasteiger partial charge on any atom is -0.495 e. The molecule has 0 aliphatic rings. The van der Waals surface area contributed by atoms with Crippen LogP contribution in [0.25, 0.3) is 0 Å². The molecular formula is C17H19Cl2NO3S. The van der Waals surface area contributed by atoms with Crippen molar-refractivity contribution in [1.82, 2.24) is 4.72 Å². The van der Waals surface area contributed by atoms with E-state index in [1.54, 1.807) is 6.92 Å². The summed E-state index contributed by atoms with van der Waals surface area (Å²) in [5.41, 5.74) is 2.06. The highest BCUT2D eigenvalue weighted by molar-refractivity contribution is 7.89. The van der Waals surface area contributed by atoms with E-state index in [0.717, 1.165) is 12.0 Å². The Hall–Kier alpha value is -1.27. The predicted molar refractivity (Wildman–Crippen MR) is 97.6 cm³/mol. The van der Waals surface area contributed by atoms with Crippen molar-refractivity contribution in [3.05, 3.63) is 57.6 Å². The van der Waals surface area contributed by atoms with Crippen LogP contribution in [0, 0.1) is 0 Å². The number of halogens is 2. The van der Waals surface area contributed by atoms with E-state index in [9.17, 15) is 8.42 Å². The zero-order valence-electron chi connectivity index (χ0n) is 13.6. The Kier molecular flexibility index (Phi) is 6.15. The Bertz CT molecular complexity index is 820. The van der Waals surface area contributed by atoms with Crippen molar-refractivity contribution in [1.29, 1.82) is 0 Å². The molecule has 0 bridgehead atoms. The smallest absolute Gasteiger partial charge is 0.242 e. The number of sulfonamides is 1. The Balaban J connectivity index is 2.29. The molecular weight excluding hydrogens is 369 g/mol. The third kappa shape index (κ3) is 4.03. The molecule has 1 N–H and O–H groups in total. The molecule has 0 saturated carbocycles. The maximum Gasteiger partial charge on any atom is 0.242 e. The molecule has 1 atom stereocenters. The van der Waals surface area contributed by atoms with Crippen LogP contribution in [0.2, 0.25) is 10.0 Å². The van der Waals surface area contributed by atoms with Gasteiger partial charge in [0, 0.05) is 6.04 Å². The Morgan fingerprint density at radius 3 is 2.25 bits per heavy atom. The SMILES string of the molecule is CCc1ccc([C@@H](C)NS(=O)(=O)c2ccc(OC)c(Cl)c2Cl)cc1. The van der Waals surface area contributed by atoms with E-state index in [1.165, 1.54) is 24.8 Å². The Morgan fingerprint density at radius 1 is 1.08 bits per heavy atom. The fourth-order valence-corrected chi connectivity index (χ4v) is 4.36. The molecule has 0 heterocycles. The summed E-state index contributed by atoms with van der Waals surface area (Å²) in [4.78, 5) is -0.0769. The molecule has 0 fully saturated rings. The highest BCUT2D eigenvalue weighted by atomic mass is 35.5. The average molecular weight is 388 g/mol. The van der Waals surface area contributed by atoms with Gasteiger partial charge in [0.05, 0.1) is 12.1 Å². The van der Waals surface area contributed by atoms with Crippen LogP contribution in [0.5, 0.6) is 5.75 Å². The molecule has 0 saturated heterocycles. The normalized spacial score (nSPS) is 12.9. The minimum absolute atomic E-state index is 0.0583. The summed E-state index contributed by atoms with van der Waals surface area (Å²) in [5.74, 6) is 0.323. The van der Waals surface area contributed by atoms with Gasteiger partial charge in [-0.05, 0) is 36.6 Å². The van der Waals surface area contributed by atoms with Crippen molar-refractivity contribution < 1.29 is 13.2 Å². The van der Waals surface area contributed by atoms with Crippen molar-refractivity contribution in [3.8, 4) is 5.75 Å². The van der Waals surface area contributed by atoms with Crippen LogP contribution in [-0.4, -0.2) is 15.5 Å². The minimum atomic E-state index is -3.82. The summed E-state index contributed by atoms with van der Waals surface area (Å²) in [6.07, 6.45) is 0.931. The molecule has 0 spiro atoms. The number of rotatable bonds is 6. The first-order valence-electron chi connectivity index (χ1n) is 7.43. The molecule has 2 aromatic rings. The number of hydrogen-bond donors (Lipinski definition) is 1. The van der Waals surface area contributed by atoms with Crippen LogP contribution in [0.3, 0.4) is 0 Å². The molecule has 0 radical (unpaired) electrons. The number of ether oxygens (including phenoxy) is 1. The first-order chi connectivity index (χ1) is 11.3. The van der Waals surface area contributed by atoms with Gasteiger partial charge in [0.25, 0.3) is 0 Å². The van der Waals surface area contributed by atoms with E-state index in [-0.39, 0.29) is 14.9 Å². The molecule has 2 rings (SSSR count). The van der Waals surface area contributed by atoms with Gasteiger partial charge in [-0.2, -0.15) is 0 Å². The van der Waals surface area contributed by atoms with Crippen LogP contribution < -0.4 is 9.46 Å². The van der Waals surface area contributed by atoms with Gasteiger partial charge < -0.3 is 4.74 Å². The molecule has 2 aromatic carbocycles. The largest absolute Gasteiger partial charge is 0.495 e. The lowest BCUT2D eigenvalue weighted by Gasteiger charge is -2.16. The summed E-state index contributed by atoms with van der Waals surface area (Å²) >= 11 is 12.1. The van der Waals surface area contributed by atoms with E-state index in [0.29, 0.717) is 5.75 Å². The van der Waals surface area contributed by atoms with Crippen molar-refractivity contribution >= 4 is 33.2 Å². The molecule has 0 unspecified atom stereocenters. The Morgan fingerprint density at radius 2 is 1.71 bits per heavy atom. The van der Waals surface area contributed by atoms with E-state index in [4.69, 9.17) is 27.9 Å². The number of aryl methyl sites for hydroxylation is 1. The molecule has 4 nitrogen and oxygen atoms in total. The first kappa shape index (κ1) is 19.1. The second-order valence-electron chi connectivity index (χ2n) is 5.33. The number of methoxy groups -OCH3 is 1. The van der Waals surface area contributed by atoms with Gasteiger partial charge in [0.2, 0.25) is 10.0 Å². The molecule has 0 aliphatic heterocycles. The second-order valence-corrected chi connectivity index (χ2v) is 7.77. The predicted octanol–water partition coefficient (Wildman–Crippen LogP) is 4.60. The van der Waals surface area contributed by atoms with Crippen molar-refractivity contribution in [2.24, 2.45) is 0 Å². The Labute approximate surface area is 152 Å². The van der Waals surface area contributed by atoms with Crippen molar-refractivity contribution in [2.45, 2.75) is 31.2 Å². The van der Waals surface area contributed by atoms with Crippen LogP contribution in [0.1, 0.15) is 31.0 Å². The molecule has 0 amide bonds. The summed E-state index contributed by atoms with van der Waals surface area (Å²) in [6, 6.07) is 10.2. The van der Waals surface area contributed by atoms with Gasteiger partial charge in [0.1, 0.15) is 15.7 Å². The van der Waals surface area contributed by atoms with E-state index < -0.39 is 16.1 Å². The van der Waals surface area contributed by atoms with Crippen molar-refractivity contribution in [2.75, 3.05) is 7.11 Å². The monoisotopic (exact) mass is 387 g/mol. The van der Waals surface area contributed by atoms with E-state index >= 15 is 0 Å². The maximum absolute atomic E-state index is 12.6. The van der Waals surface area contributed by atoms with E-state index in [1.807, 2.05) is 24.3 Å². The highest BCUT2D eigenvalue weighted by Crippen LogP contribution is 2.36. The zero-order valence-corrected chi connectivity index (χ0v) is 16.0. The molecule has 7 heteroatoms. The average Bonchev–Trinajstić information content (AvgIpc) is 2.56. The quantitative estimate of drug-likeness (QED) is 0.787. The summed E-state index contributed by atoms with van der Waals surface area (Å²) < 4.78 is 32.9. The fraction of sp³-hybridized carbons (Fsp3) is 0.294. The van der Waals surface area contributed by atoms with Gasteiger partial charge in [-0.3, -0.25) is 0 Å². The zero-order chi connectivity index (χ0) is 17.9. The maximum atomic E-state index is 12.6. The second kappa shape index (κ2) is 7.74. The van der Waals surface area contributed by atoms with Crippen molar-refractivity contribution in [3.63, 3.8) is 0 Å².